The van der Waals surface area contributed by atoms with Crippen LogP contribution in [0.5, 0.6) is 0 Å². The van der Waals surface area contributed by atoms with Crippen LogP contribution in [0.15, 0.2) is 64.4 Å². The average molecular weight is 391 g/mol. The molecule has 0 spiro atoms. The number of nitrogens with one attached hydrogen (secondary N) is 1. The quantitative estimate of drug-likeness (QED) is 0.577. The second-order valence-electron chi connectivity index (χ2n) is 6.85. The maximum Gasteiger partial charge on any atom is 0.269 e. The highest BCUT2D eigenvalue weighted by Crippen LogP contribution is 2.36. The summed E-state index contributed by atoms with van der Waals surface area (Å²) in [7, 11) is 0. The Morgan fingerprint density at radius 1 is 1.00 bits per heavy atom. The van der Waals surface area contributed by atoms with Gasteiger partial charge in [-0.1, -0.05) is 41.9 Å². The Labute approximate surface area is 164 Å². The van der Waals surface area contributed by atoms with Crippen LogP contribution in [0.2, 0.25) is 5.02 Å². The zero-order valence-electron chi connectivity index (χ0n) is 14.7. The maximum absolute atomic E-state index is 12.4. The number of aromatic nitrogens is 4. The summed E-state index contributed by atoms with van der Waals surface area (Å²) in [6.45, 7) is 0. The Morgan fingerprint density at radius 3 is 2.50 bits per heavy atom. The van der Waals surface area contributed by atoms with E-state index in [1.165, 1.54) is 6.07 Å². The topological polar surface area (TPSA) is 80.6 Å². The monoisotopic (exact) mass is 390 g/mol. The number of H-pyrrole nitrogens is 1. The van der Waals surface area contributed by atoms with Gasteiger partial charge in [-0.2, -0.15) is 0 Å². The molecule has 5 rings (SSSR count). The van der Waals surface area contributed by atoms with E-state index >= 15 is 0 Å². The SMILES string of the molecule is O=c1cc[nH]c2nc(-c3ccccc3)c(-c3cc(Cl)c(=O)n(C4CC4)c3)nc12. The Hall–Kier alpha value is -3.25. The fourth-order valence-corrected chi connectivity index (χ4v) is 3.52. The first-order chi connectivity index (χ1) is 13.6. The highest BCUT2D eigenvalue weighted by Gasteiger charge is 2.26. The van der Waals surface area contributed by atoms with Crippen molar-refractivity contribution in [2.45, 2.75) is 18.9 Å². The lowest BCUT2D eigenvalue weighted by Gasteiger charge is -2.12. The number of benzene rings is 1. The van der Waals surface area contributed by atoms with Crippen LogP contribution in [0.1, 0.15) is 18.9 Å². The van der Waals surface area contributed by atoms with Crippen LogP contribution in [-0.2, 0) is 0 Å². The second-order valence-corrected chi connectivity index (χ2v) is 7.25. The maximum atomic E-state index is 12.4. The molecule has 0 amide bonds. The lowest BCUT2D eigenvalue weighted by Crippen LogP contribution is -2.19. The summed E-state index contributed by atoms with van der Waals surface area (Å²) in [6.07, 6.45) is 5.23. The minimum Gasteiger partial charge on any atom is -0.345 e. The largest absolute Gasteiger partial charge is 0.345 e. The van der Waals surface area contributed by atoms with Gasteiger partial charge in [0, 0.05) is 35.6 Å². The summed E-state index contributed by atoms with van der Waals surface area (Å²) in [4.78, 5) is 37.0. The van der Waals surface area contributed by atoms with E-state index in [-0.39, 0.29) is 27.6 Å². The van der Waals surface area contributed by atoms with E-state index in [1.807, 2.05) is 30.3 Å². The number of hydrogen-bond acceptors (Lipinski definition) is 4. The summed E-state index contributed by atoms with van der Waals surface area (Å²) in [6, 6.07) is 12.8. The Bertz CT molecular complexity index is 1320. The molecule has 4 aromatic rings. The molecule has 6 nitrogen and oxygen atoms in total. The third-order valence-corrected chi connectivity index (χ3v) is 5.11. The van der Waals surface area contributed by atoms with E-state index in [0.717, 1.165) is 18.4 Å². The fraction of sp³-hybridized carbons (Fsp3) is 0.143. The number of nitrogens with zero attached hydrogens (tertiary/aromatic N) is 3. The first-order valence-electron chi connectivity index (χ1n) is 8.99. The highest BCUT2D eigenvalue weighted by atomic mass is 35.5. The normalized spacial score (nSPS) is 13.8. The molecule has 138 valence electrons. The van der Waals surface area contributed by atoms with Crippen LogP contribution in [0.4, 0.5) is 0 Å². The smallest absolute Gasteiger partial charge is 0.269 e. The van der Waals surface area contributed by atoms with Gasteiger partial charge in [0.2, 0.25) is 5.43 Å². The van der Waals surface area contributed by atoms with Crippen molar-refractivity contribution < 1.29 is 0 Å². The van der Waals surface area contributed by atoms with E-state index in [9.17, 15) is 9.59 Å². The molecule has 28 heavy (non-hydrogen) atoms. The molecule has 1 aliphatic rings. The van der Waals surface area contributed by atoms with Crippen LogP contribution in [0.25, 0.3) is 33.7 Å². The number of aromatic amines is 1. The van der Waals surface area contributed by atoms with Crippen molar-refractivity contribution in [2.75, 3.05) is 0 Å². The molecular weight excluding hydrogens is 376 g/mol. The predicted molar refractivity (Wildman–Crippen MR) is 109 cm³/mol. The predicted octanol–water partition coefficient (Wildman–Crippen LogP) is 3.80. The zero-order chi connectivity index (χ0) is 19.3. The van der Waals surface area contributed by atoms with Crippen molar-refractivity contribution in [3.05, 3.63) is 80.5 Å². The van der Waals surface area contributed by atoms with Gasteiger partial charge in [0.1, 0.15) is 5.02 Å². The average Bonchev–Trinajstić information content (AvgIpc) is 3.55. The molecule has 3 aromatic heterocycles. The van der Waals surface area contributed by atoms with Crippen molar-refractivity contribution in [1.82, 2.24) is 19.5 Å². The van der Waals surface area contributed by atoms with Crippen LogP contribution in [0.3, 0.4) is 0 Å². The molecule has 1 fully saturated rings. The first kappa shape index (κ1) is 16.9. The van der Waals surface area contributed by atoms with Gasteiger partial charge in [0.15, 0.2) is 11.2 Å². The van der Waals surface area contributed by atoms with Crippen LogP contribution < -0.4 is 11.0 Å². The Balaban J connectivity index is 1.84. The van der Waals surface area contributed by atoms with Gasteiger partial charge in [0.05, 0.1) is 11.4 Å². The van der Waals surface area contributed by atoms with Crippen molar-refractivity contribution in [3.8, 4) is 22.5 Å². The zero-order valence-corrected chi connectivity index (χ0v) is 15.5. The summed E-state index contributed by atoms with van der Waals surface area (Å²) < 4.78 is 1.66. The molecule has 0 aliphatic heterocycles. The molecule has 1 saturated carbocycles. The molecule has 1 N–H and O–H groups in total. The number of rotatable bonds is 3. The molecule has 3 heterocycles. The van der Waals surface area contributed by atoms with Crippen molar-refractivity contribution in [1.29, 1.82) is 0 Å². The Kier molecular flexibility index (Phi) is 3.87. The third kappa shape index (κ3) is 2.82. The van der Waals surface area contributed by atoms with Gasteiger partial charge in [-0.05, 0) is 18.9 Å². The van der Waals surface area contributed by atoms with Crippen LogP contribution in [0, 0.1) is 0 Å². The first-order valence-corrected chi connectivity index (χ1v) is 9.36. The minimum absolute atomic E-state index is 0.132. The van der Waals surface area contributed by atoms with Crippen LogP contribution in [-0.4, -0.2) is 19.5 Å². The lowest BCUT2D eigenvalue weighted by atomic mass is 10.0. The van der Waals surface area contributed by atoms with E-state index in [1.54, 1.807) is 23.0 Å². The second kappa shape index (κ2) is 6.42. The number of hydrogen-bond donors (Lipinski definition) is 1. The van der Waals surface area contributed by atoms with Crippen molar-refractivity contribution >= 4 is 22.8 Å². The fourth-order valence-electron chi connectivity index (χ4n) is 3.30. The van der Waals surface area contributed by atoms with Gasteiger partial charge in [0.25, 0.3) is 5.56 Å². The number of pyridine rings is 2. The molecule has 1 aromatic carbocycles. The molecule has 0 atom stereocenters. The van der Waals surface area contributed by atoms with Gasteiger partial charge in [-0.25, -0.2) is 9.97 Å². The van der Waals surface area contributed by atoms with Gasteiger partial charge >= 0.3 is 0 Å². The third-order valence-electron chi connectivity index (χ3n) is 4.84. The molecule has 0 radical (unpaired) electrons. The van der Waals surface area contributed by atoms with Crippen molar-refractivity contribution in [2.24, 2.45) is 0 Å². The standard InChI is InChI=1S/C21H15ClN4O2/c22-15-10-13(11-26(21(15)28)14-6-7-14)18-17(12-4-2-1-3-5-12)25-20-19(24-18)16(27)8-9-23-20/h1-5,8-11,14H,6-7H2,(H,23,25,27). The molecule has 1 aliphatic carbocycles. The molecular formula is C21H15ClN4O2. The van der Waals surface area contributed by atoms with Gasteiger partial charge in [-0.3, -0.25) is 9.59 Å². The summed E-state index contributed by atoms with van der Waals surface area (Å²) >= 11 is 6.24. The van der Waals surface area contributed by atoms with E-state index < -0.39 is 0 Å². The van der Waals surface area contributed by atoms with E-state index in [0.29, 0.717) is 22.6 Å². The van der Waals surface area contributed by atoms with E-state index in [2.05, 4.69) is 15.0 Å². The Morgan fingerprint density at radius 2 is 1.75 bits per heavy atom. The summed E-state index contributed by atoms with van der Waals surface area (Å²) in [5.41, 5.74) is 2.89. The van der Waals surface area contributed by atoms with Crippen molar-refractivity contribution in [3.63, 3.8) is 0 Å². The molecule has 7 heteroatoms. The van der Waals surface area contributed by atoms with Crippen LogP contribution >= 0.6 is 11.6 Å². The number of fused-ring (bicyclic) bond motifs is 1. The van der Waals surface area contributed by atoms with Gasteiger partial charge < -0.3 is 9.55 Å². The van der Waals surface area contributed by atoms with E-state index in [4.69, 9.17) is 11.6 Å². The minimum atomic E-state index is -0.219. The molecule has 0 saturated heterocycles. The molecule has 0 bridgehead atoms. The highest BCUT2D eigenvalue weighted by molar-refractivity contribution is 6.30. The lowest BCUT2D eigenvalue weighted by molar-refractivity contribution is 0.708. The van der Waals surface area contributed by atoms with Gasteiger partial charge in [-0.15, -0.1) is 0 Å². The summed E-state index contributed by atoms with van der Waals surface area (Å²) in [5.74, 6) is 0. The number of halogens is 1. The molecule has 0 unspecified atom stereocenters. The summed E-state index contributed by atoms with van der Waals surface area (Å²) in [5, 5.41) is 0.132.